The van der Waals surface area contributed by atoms with Crippen LogP contribution < -0.4 is 5.32 Å². The number of hydrogen-bond donors (Lipinski definition) is 2. The van der Waals surface area contributed by atoms with Crippen LogP contribution >= 0.6 is 0 Å². The van der Waals surface area contributed by atoms with E-state index in [2.05, 4.69) is 22.2 Å². The SMILES string of the molecule is CN1CCN(C2CCCNC2)C(CO)C1. The molecule has 0 aromatic heterocycles. The fraction of sp³-hybridized carbons (Fsp3) is 1.00. The molecule has 2 rings (SSSR count). The van der Waals surface area contributed by atoms with Gasteiger partial charge in [-0.15, -0.1) is 0 Å². The van der Waals surface area contributed by atoms with Gasteiger partial charge in [-0.05, 0) is 26.4 Å². The van der Waals surface area contributed by atoms with Crippen molar-refractivity contribution in [1.29, 1.82) is 0 Å². The molecule has 4 heteroatoms. The highest BCUT2D eigenvalue weighted by atomic mass is 16.3. The second kappa shape index (κ2) is 5.25. The molecular formula is C11H23N3O. The maximum atomic E-state index is 9.42. The molecule has 0 aliphatic carbocycles. The zero-order valence-corrected chi connectivity index (χ0v) is 9.65. The summed E-state index contributed by atoms with van der Waals surface area (Å²) in [6.07, 6.45) is 2.56. The van der Waals surface area contributed by atoms with Crippen molar-refractivity contribution < 1.29 is 5.11 Å². The Balaban J connectivity index is 1.93. The molecule has 0 amide bonds. The van der Waals surface area contributed by atoms with Gasteiger partial charge in [0.25, 0.3) is 0 Å². The van der Waals surface area contributed by atoms with Crippen LogP contribution in [0.4, 0.5) is 0 Å². The maximum absolute atomic E-state index is 9.42. The lowest BCUT2D eigenvalue weighted by atomic mass is 10.0. The number of piperazine rings is 1. The molecule has 0 aromatic rings. The molecule has 2 aliphatic heterocycles. The number of piperidine rings is 1. The van der Waals surface area contributed by atoms with E-state index in [9.17, 15) is 5.11 Å². The van der Waals surface area contributed by atoms with Crippen molar-refractivity contribution in [3.05, 3.63) is 0 Å². The molecule has 2 heterocycles. The number of nitrogens with zero attached hydrogens (tertiary/aromatic N) is 2. The van der Waals surface area contributed by atoms with Gasteiger partial charge in [0, 0.05) is 38.3 Å². The van der Waals surface area contributed by atoms with E-state index in [1.54, 1.807) is 0 Å². The van der Waals surface area contributed by atoms with E-state index in [1.165, 1.54) is 12.8 Å². The van der Waals surface area contributed by atoms with Crippen molar-refractivity contribution in [3.63, 3.8) is 0 Å². The van der Waals surface area contributed by atoms with E-state index in [0.717, 1.165) is 32.7 Å². The lowest BCUT2D eigenvalue weighted by Gasteiger charge is -2.44. The van der Waals surface area contributed by atoms with Gasteiger partial charge in [0.05, 0.1) is 6.61 Å². The molecule has 2 fully saturated rings. The highest BCUT2D eigenvalue weighted by Crippen LogP contribution is 2.17. The summed E-state index contributed by atoms with van der Waals surface area (Å²) in [7, 11) is 2.14. The van der Waals surface area contributed by atoms with Crippen LogP contribution in [-0.2, 0) is 0 Å². The van der Waals surface area contributed by atoms with E-state index < -0.39 is 0 Å². The van der Waals surface area contributed by atoms with Gasteiger partial charge in [-0.2, -0.15) is 0 Å². The van der Waals surface area contributed by atoms with E-state index in [4.69, 9.17) is 0 Å². The molecule has 2 unspecified atom stereocenters. The normalized spacial score (nSPS) is 35.6. The van der Waals surface area contributed by atoms with Gasteiger partial charge < -0.3 is 15.3 Å². The van der Waals surface area contributed by atoms with E-state index >= 15 is 0 Å². The van der Waals surface area contributed by atoms with Gasteiger partial charge in [-0.3, -0.25) is 4.90 Å². The first-order valence-corrected chi connectivity index (χ1v) is 6.07. The molecule has 0 saturated carbocycles. The summed E-state index contributed by atoms with van der Waals surface area (Å²) in [6, 6.07) is 0.984. The van der Waals surface area contributed by atoms with Crippen LogP contribution in [0.3, 0.4) is 0 Å². The zero-order valence-electron chi connectivity index (χ0n) is 9.65. The Morgan fingerprint density at radius 1 is 1.40 bits per heavy atom. The summed E-state index contributed by atoms with van der Waals surface area (Å²) in [5, 5.41) is 12.9. The first-order valence-electron chi connectivity index (χ1n) is 6.07. The van der Waals surface area contributed by atoms with Gasteiger partial charge in [0.2, 0.25) is 0 Å². The molecule has 15 heavy (non-hydrogen) atoms. The van der Waals surface area contributed by atoms with Crippen LogP contribution in [-0.4, -0.2) is 73.4 Å². The molecule has 0 aromatic carbocycles. The van der Waals surface area contributed by atoms with Crippen molar-refractivity contribution in [1.82, 2.24) is 15.1 Å². The Bertz CT molecular complexity index is 192. The van der Waals surface area contributed by atoms with Crippen LogP contribution in [0.5, 0.6) is 0 Å². The Hall–Kier alpha value is -0.160. The number of nitrogens with one attached hydrogen (secondary N) is 1. The van der Waals surface area contributed by atoms with Crippen LogP contribution in [0.15, 0.2) is 0 Å². The van der Waals surface area contributed by atoms with Crippen molar-refractivity contribution in [2.24, 2.45) is 0 Å². The van der Waals surface area contributed by atoms with Gasteiger partial charge in [-0.1, -0.05) is 0 Å². The summed E-state index contributed by atoms with van der Waals surface area (Å²) in [5.74, 6) is 0. The Labute approximate surface area is 92.2 Å². The summed E-state index contributed by atoms with van der Waals surface area (Å²) in [5.41, 5.74) is 0. The molecule has 0 bridgehead atoms. The van der Waals surface area contributed by atoms with Crippen LogP contribution in [0, 0.1) is 0 Å². The van der Waals surface area contributed by atoms with E-state index in [0.29, 0.717) is 18.7 Å². The van der Waals surface area contributed by atoms with Crippen molar-refractivity contribution >= 4 is 0 Å². The molecular weight excluding hydrogens is 190 g/mol. The summed E-state index contributed by atoms with van der Waals surface area (Å²) in [4.78, 5) is 4.82. The van der Waals surface area contributed by atoms with Crippen molar-refractivity contribution in [3.8, 4) is 0 Å². The minimum absolute atomic E-state index is 0.292. The highest BCUT2D eigenvalue weighted by Gasteiger charge is 2.30. The third-order valence-electron chi connectivity index (χ3n) is 3.68. The van der Waals surface area contributed by atoms with Gasteiger partial charge in [0.15, 0.2) is 0 Å². The molecule has 2 aliphatic rings. The molecule has 88 valence electrons. The molecule has 2 atom stereocenters. The van der Waals surface area contributed by atoms with Crippen LogP contribution in [0.2, 0.25) is 0 Å². The topological polar surface area (TPSA) is 38.7 Å². The third-order valence-corrected chi connectivity index (χ3v) is 3.68. The average Bonchev–Trinajstić information content (AvgIpc) is 2.30. The Morgan fingerprint density at radius 3 is 2.93 bits per heavy atom. The first kappa shape index (κ1) is 11.3. The van der Waals surface area contributed by atoms with E-state index in [1.807, 2.05) is 0 Å². The van der Waals surface area contributed by atoms with Crippen molar-refractivity contribution in [2.75, 3.05) is 46.4 Å². The third kappa shape index (κ3) is 2.69. The molecule has 2 N–H and O–H groups in total. The Kier molecular flexibility index (Phi) is 3.97. The van der Waals surface area contributed by atoms with E-state index in [-0.39, 0.29) is 0 Å². The predicted octanol–water partition coefficient (Wildman–Crippen LogP) is -0.653. The largest absolute Gasteiger partial charge is 0.395 e. The molecule has 2 saturated heterocycles. The summed E-state index contributed by atoms with van der Waals surface area (Å²) < 4.78 is 0. The predicted molar refractivity (Wildman–Crippen MR) is 61.0 cm³/mol. The lowest BCUT2D eigenvalue weighted by Crippen LogP contribution is -2.59. The van der Waals surface area contributed by atoms with Gasteiger partial charge in [0.1, 0.15) is 0 Å². The maximum Gasteiger partial charge on any atom is 0.0599 e. The summed E-state index contributed by atoms with van der Waals surface area (Å²) in [6.45, 7) is 5.79. The first-order chi connectivity index (χ1) is 7.31. The quantitative estimate of drug-likeness (QED) is 0.639. The molecule has 0 radical (unpaired) electrons. The van der Waals surface area contributed by atoms with Gasteiger partial charge in [-0.25, -0.2) is 0 Å². The second-order valence-corrected chi connectivity index (χ2v) is 4.84. The monoisotopic (exact) mass is 213 g/mol. The number of likely N-dealkylation sites (N-methyl/N-ethyl adjacent to an activating group) is 1. The number of aliphatic hydroxyl groups excluding tert-OH is 1. The highest BCUT2D eigenvalue weighted by molar-refractivity contribution is 4.88. The fourth-order valence-corrected chi connectivity index (χ4v) is 2.78. The molecule has 4 nitrogen and oxygen atoms in total. The average molecular weight is 213 g/mol. The smallest absolute Gasteiger partial charge is 0.0599 e. The Morgan fingerprint density at radius 2 is 2.27 bits per heavy atom. The molecule has 0 spiro atoms. The minimum Gasteiger partial charge on any atom is -0.395 e. The van der Waals surface area contributed by atoms with Crippen LogP contribution in [0.25, 0.3) is 0 Å². The second-order valence-electron chi connectivity index (χ2n) is 4.84. The fourth-order valence-electron chi connectivity index (χ4n) is 2.78. The standard InChI is InChI=1S/C11H23N3O/c1-13-5-6-14(11(8-13)9-15)10-3-2-4-12-7-10/h10-12,15H,2-9H2,1H3. The number of rotatable bonds is 2. The van der Waals surface area contributed by atoms with Crippen molar-refractivity contribution in [2.45, 2.75) is 24.9 Å². The van der Waals surface area contributed by atoms with Gasteiger partial charge >= 0.3 is 0 Å². The number of hydrogen-bond acceptors (Lipinski definition) is 4. The summed E-state index contributed by atoms with van der Waals surface area (Å²) >= 11 is 0. The van der Waals surface area contributed by atoms with Crippen LogP contribution in [0.1, 0.15) is 12.8 Å². The zero-order chi connectivity index (χ0) is 10.7. The minimum atomic E-state index is 0.292. The number of aliphatic hydroxyl groups is 1. The lowest BCUT2D eigenvalue weighted by molar-refractivity contribution is 0.0138.